The van der Waals surface area contributed by atoms with E-state index in [9.17, 15) is 5.11 Å². The van der Waals surface area contributed by atoms with Gasteiger partial charge in [0.05, 0.1) is 17.4 Å². The summed E-state index contributed by atoms with van der Waals surface area (Å²) in [5.74, 6) is 0.243. The highest BCUT2D eigenvalue weighted by molar-refractivity contribution is 6.76. The molecular formula is C13H20N2O2Si. The zero-order valence-corrected chi connectivity index (χ0v) is 12.2. The number of fused-ring (bicyclic) bond motifs is 1. The van der Waals surface area contributed by atoms with Crippen molar-refractivity contribution < 1.29 is 9.84 Å². The Morgan fingerprint density at radius 1 is 1.33 bits per heavy atom. The smallest absolute Gasteiger partial charge is 0.124 e. The van der Waals surface area contributed by atoms with Crippen molar-refractivity contribution in [3.05, 3.63) is 24.5 Å². The SMILES string of the molecule is C[Si](C)(C)CCOCn1cnc2cc(O)ccc21. The third-order valence-electron chi connectivity index (χ3n) is 2.83. The lowest BCUT2D eigenvalue weighted by Gasteiger charge is -2.15. The first kappa shape index (κ1) is 13.1. The molecule has 0 atom stereocenters. The van der Waals surface area contributed by atoms with Crippen molar-refractivity contribution in [3.63, 3.8) is 0 Å². The van der Waals surface area contributed by atoms with Crippen molar-refractivity contribution in [1.82, 2.24) is 9.55 Å². The molecule has 0 unspecified atom stereocenters. The first-order valence-electron chi connectivity index (χ1n) is 6.17. The number of imidazole rings is 1. The standard InChI is InChI=1S/C13H20N2O2Si/c1-18(2,3)7-6-17-10-15-9-14-12-8-11(16)4-5-13(12)15/h4-5,8-9,16H,6-7,10H2,1-3H3. The minimum atomic E-state index is -1.02. The highest BCUT2D eigenvalue weighted by Gasteiger charge is 2.12. The maximum atomic E-state index is 9.37. The molecular weight excluding hydrogens is 244 g/mol. The van der Waals surface area contributed by atoms with E-state index >= 15 is 0 Å². The Labute approximate surface area is 108 Å². The van der Waals surface area contributed by atoms with Crippen molar-refractivity contribution in [1.29, 1.82) is 0 Å². The third kappa shape index (κ3) is 3.33. The monoisotopic (exact) mass is 264 g/mol. The van der Waals surface area contributed by atoms with Crippen molar-refractivity contribution in [2.75, 3.05) is 6.61 Å². The number of ether oxygens (including phenoxy) is 1. The summed E-state index contributed by atoms with van der Waals surface area (Å²) in [6.07, 6.45) is 1.75. The van der Waals surface area contributed by atoms with Gasteiger partial charge in [-0.1, -0.05) is 19.6 Å². The molecule has 1 aromatic heterocycles. The average Bonchev–Trinajstić information content (AvgIpc) is 2.65. The molecule has 2 rings (SSSR count). The van der Waals surface area contributed by atoms with Crippen LogP contribution in [0.3, 0.4) is 0 Å². The van der Waals surface area contributed by atoms with Crippen LogP contribution in [-0.2, 0) is 11.5 Å². The van der Waals surface area contributed by atoms with E-state index < -0.39 is 8.07 Å². The van der Waals surface area contributed by atoms with Crippen LogP contribution in [-0.4, -0.2) is 29.3 Å². The number of benzene rings is 1. The van der Waals surface area contributed by atoms with Crippen LogP contribution in [0.4, 0.5) is 0 Å². The maximum absolute atomic E-state index is 9.37. The van der Waals surface area contributed by atoms with E-state index in [-0.39, 0.29) is 5.75 Å². The van der Waals surface area contributed by atoms with Crippen molar-refractivity contribution in [2.24, 2.45) is 0 Å². The van der Waals surface area contributed by atoms with Crippen LogP contribution in [0.1, 0.15) is 0 Å². The van der Waals surface area contributed by atoms with Crippen LogP contribution in [0, 0.1) is 0 Å². The molecule has 0 bridgehead atoms. The molecule has 0 aliphatic heterocycles. The zero-order valence-electron chi connectivity index (χ0n) is 11.2. The van der Waals surface area contributed by atoms with Gasteiger partial charge in [-0.2, -0.15) is 0 Å². The van der Waals surface area contributed by atoms with E-state index in [2.05, 4.69) is 24.6 Å². The Balaban J connectivity index is 1.96. The molecule has 4 nitrogen and oxygen atoms in total. The summed E-state index contributed by atoms with van der Waals surface area (Å²) in [7, 11) is -1.02. The molecule has 0 spiro atoms. The topological polar surface area (TPSA) is 47.3 Å². The summed E-state index contributed by atoms with van der Waals surface area (Å²) in [4.78, 5) is 4.24. The number of hydrogen-bond acceptors (Lipinski definition) is 3. The molecule has 0 saturated heterocycles. The van der Waals surface area contributed by atoms with Gasteiger partial charge in [-0.05, 0) is 18.2 Å². The molecule has 0 fully saturated rings. The van der Waals surface area contributed by atoms with E-state index in [1.165, 1.54) is 6.04 Å². The molecule has 5 heteroatoms. The summed E-state index contributed by atoms with van der Waals surface area (Å²) in [6.45, 7) is 8.34. The lowest BCUT2D eigenvalue weighted by atomic mass is 10.3. The van der Waals surface area contributed by atoms with Gasteiger partial charge in [0.25, 0.3) is 0 Å². The number of phenols is 1. The van der Waals surface area contributed by atoms with Gasteiger partial charge in [0, 0.05) is 20.7 Å². The summed E-state index contributed by atoms with van der Waals surface area (Å²) in [5, 5.41) is 9.37. The second-order valence-corrected chi connectivity index (χ2v) is 11.4. The van der Waals surface area contributed by atoms with Gasteiger partial charge < -0.3 is 14.4 Å². The molecule has 1 heterocycles. The van der Waals surface area contributed by atoms with Gasteiger partial charge in [-0.25, -0.2) is 4.98 Å². The number of aromatic nitrogens is 2. The Morgan fingerprint density at radius 2 is 2.11 bits per heavy atom. The normalized spacial score (nSPS) is 12.2. The van der Waals surface area contributed by atoms with Crippen molar-refractivity contribution >= 4 is 19.1 Å². The number of nitrogens with zero attached hydrogens (tertiary/aromatic N) is 2. The molecule has 0 saturated carbocycles. The minimum Gasteiger partial charge on any atom is -0.508 e. The maximum Gasteiger partial charge on any atom is 0.124 e. The van der Waals surface area contributed by atoms with E-state index in [1.54, 1.807) is 18.5 Å². The second-order valence-electron chi connectivity index (χ2n) is 5.74. The first-order chi connectivity index (χ1) is 8.46. The molecule has 0 radical (unpaired) electrons. The van der Waals surface area contributed by atoms with Crippen LogP contribution in [0.25, 0.3) is 11.0 Å². The van der Waals surface area contributed by atoms with Crippen LogP contribution < -0.4 is 0 Å². The summed E-state index contributed by atoms with van der Waals surface area (Å²) >= 11 is 0. The van der Waals surface area contributed by atoms with Gasteiger partial charge in [-0.15, -0.1) is 0 Å². The lowest BCUT2D eigenvalue weighted by Crippen LogP contribution is -2.21. The molecule has 18 heavy (non-hydrogen) atoms. The fourth-order valence-electron chi connectivity index (χ4n) is 1.70. The fraction of sp³-hybridized carbons (Fsp3) is 0.462. The summed E-state index contributed by atoms with van der Waals surface area (Å²) in [5.41, 5.74) is 1.78. The highest BCUT2D eigenvalue weighted by atomic mass is 28.3. The Bertz CT molecular complexity index is 531. The van der Waals surface area contributed by atoms with E-state index in [0.29, 0.717) is 6.73 Å². The number of rotatable bonds is 5. The van der Waals surface area contributed by atoms with E-state index in [1.807, 2.05) is 10.6 Å². The molecule has 1 N–H and O–H groups in total. The molecule has 1 aromatic carbocycles. The number of aromatic hydroxyl groups is 1. The van der Waals surface area contributed by atoms with Crippen LogP contribution in [0.5, 0.6) is 5.75 Å². The summed E-state index contributed by atoms with van der Waals surface area (Å²) in [6, 6.07) is 6.36. The molecule has 0 aliphatic carbocycles. The zero-order chi connectivity index (χ0) is 13.2. The van der Waals surface area contributed by atoms with Gasteiger partial charge in [0.2, 0.25) is 0 Å². The van der Waals surface area contributed by atoms with E-state index in [4.69, 9.17) is 4.74 Å². The van der Waals surface area contributed by atoms with Gasteiger partial charge >= 0.3 is 0 Å². The molecule has 0 aliphatic rings. The third-order valence-corrected chi connectivity index (χ3v) is 4.54. The molecule has 2 aromatic rings. The van der Waals surface area contributed by atoms with Crippen LogP contribution >= 0.6 is 0 Å². The molecule has 98 valence electrons. The minimum absolute atomic E-state index is 0.243. The van der Waals surface area contributed by atoms with E-state index in [0.717, 1.165) is 17.6 Å². The average molecular weight is 264 g/mol. The lowest BCUT2D eigenvalue weighted by molar-refractivity contribution is 0.0898. The fourth-order valence-corrected chi connectivity index (χ4v) is 2.45. The Kier molecular flexibility index (Phi) is 3.73. The largest absolute Gasteiger partial charge is 0.508 e. The number of hydrogen-bond donors (Lipinski definition) is 1. The molecule has 0 amide bonds. The highest BCUT2D eigenvalue weighted by Crippen LogP contribution is 2.18. The van der Waals surface area contributed by atoms with Gasteiger partial charge in [0.1, 0.15) is 12.5 Å². The number of phenolic OH excluding ortho intramolecular Hbond substituents is 1. The summed E-state index contributed by atoms with van der Waals surface area (Å²) < 4.78 is 7.64. The second kappa shape index (κ2) is 5.12. The Morgan fingerprint density at radius 3 is 2.83 bits per heavy atom. The van der Waals surface area contributed by atoms with Gasteiger partial charge in [0.15, 0.2) is 0 Å². The predicted octanol–water partition coefficient (Wildman–Crippen LogP) is 3.05. The van der Waals surface area contributed by atoms with Crippen molar-refractivity contribution in [2.45, 2.75) is 32.4 Å². The first-order valence-corrected chi connectivity index (χ1v) is 9.88. The van der Waals surface area contributed by atoms with Crippen LogP contribution in [0.15, 0.2) is 24.5 Å². The predicted molar refractivity (Wildman–Crippen MR) is 75.5 cm³/mol. The van der Waals surface area contributed by atoms with Crippen molar-refractivity contribution in [3.8, 4) is 5.75 Å². The van der Waals surface area contributed by atoms with Crippen LogP contribution in [0.2, 0.25) is 25.7 Å². The quantitative estimate of drug-likeness (QED) is 0.667. The van der Waals surface area contributed by atoms with Gasteiger partial charge in [-0.3, -0.25) is 0 Å². The Hall–Kier alpha value is -1.33.